The number of rotatable bonds is 23. The van der Waals surface area contributed by atoms with Crippen LogP contribution in [-0.2, 0) is 9.47 Å². The zero-order valence-corrected chi connectivity index (χ0v) is 25.0. The van der Waals surface area contributed by atoms with E-state index in [9.17, 15) is 0 Å². The molecule has 0 aromatic carbocycles. The third-order valence-electron chi connectivity index (χ3n) is 8.98. The largest absolute Gasteiger partial charge is 0.378 e. The summed E-state index contributed by atoms with van der Waals surface area (Å²) in [4.78, 5) is 0. The predicted octanol–water partition coefficient (Wildman–Crippen LogP) is 11.4. The molecule has 0 amide bonds. The van der Waals surface area contributed by atoms with E-state index in [0.29, 0.717) is 12.2 Å². The first-order valence-electron chi connectivity index (χ1n) is 17.2. The molecule has 2 rings (SSSR count). The van der Waals surface area contributed by atoms with E-state index in [1.807, 2.05) is 0 Å². The van der Waals surface area contributed by atoms with Gasteiger partial charge in [0.1, 0.15) is 0 Å². The standard InChI is InChI=1S/C35H66O2/c1-2-3-4-5-6-7-8-9-10-11-12-13-14-15-16-17-20-23-31-36-35-28-24-25-33(29-30-35)32-37-34-26-21-18-19-22-27-34/h18,33-35H,1-17,19-32H2. The van der Waals surface area contributed by atoms with Crippen LogP contribution in [0.4, 0.5) is 0 Å². The van der Waals surface area contributed by atoms with E-state index < -0.39 is 0 Å². The Morgan fingerprint density at radius 3 is 1.65 bits per heavy atom. The summed E-state index contributed by atoms with van der Waals surface area (Å²) in [5.41, 5.74) is 0. The van der Waals surface area contributed by atoms with Gasteiger partial charge in [0.25, 0.3) is 0 Å². The van der Waals surface area contributed by atoms with Gasteiger partial charge >= 0.3 is 0 Å². The predicted molar refractivity (Wildman–Crippen MR) is 162 cm³/mol. The maximum Gasteiger partial charge on any atom is 0.0575 e. The molecule has 0 aliphatic heterocycles. The van der Waals surface area contributed by atoms with Crippen LogP contribution in [0.15, 0.2) is 0 Å². The van der Waals surface area contributed by atoms with Crippen LogP contribution in [0.1, 0.15) is 180 Å². The number of ether oxygens (including phenoxy) is 2. The van der Waals surface area contributed by atoms with Crippen molar-refractivity contribution < 1.29 is 9.47 Å². The Morgan fingerprint density at radius 2 is 1.03 bits per heavy atom. The first-order chi connectivity index (χ1) is 18.4. The van der Waals surface area contributed by atoms with Crippen molar-refractivity contribution in [3.8, 4) is 0 Å². The van der Waals surface area contributed by atoms with Crippen molar-refractivity contribution >= 4 is 0 Å². The number of hydrogen-bond acceptors (Lipinski definition) is 2. The van der Waals surface area contributed by atoms with Crippen molar-refractivity contribution in [1.82, 2.24) is 0 Å². The molecule has 3 atom stereocenters. The summed E-state index contributed by atoms with van der Waals surface area (Å²) >= 11 is 0. The van der Waals surface area contributed by atoms with Gasteiger partial charge in [-0.25, -0.2) is 0 Å². The van der Waals surface area contributed by atoms with Crippen molar-refractivity contribution in [1.29, 1.82) is 0 Å². The second kappa shape index (κ2) is 24.9. The Morgan fingerprint density at radius 1 is 0.486 bits per heavy atom. The second-order valence-corrected chi connectivity index (χ2v) is 12.5. The van der Waals surface area contributed by atoms with Crippen LogP contribution < -0.4 is 0 Å². The second-order valence-electron chi connectivity index (χ2n) is 12.5. The zero-order chi connectivity index (χ0) is 26.1. The van der Waals surface area contributed by atoms with Crippen molar-refractivity contribution in [2.75, 3.05) is 13.2 Å². The van der Waals surface area contributed by atoms with Gasteiger partial charge in [0, 0.05) is 13.2 Å². The monoisotopic (exact) mass is 519 g/mol. The van der Waals surface area contributed by atoms with E-state index in [-0.39, 0.29) is 0 Å². The van der Waals surface area contributed by atoms with Crippen molar-refractivity contribution in [3.63, 3.8) is 0 Å². The molecule has 0 N–H and O–H groups in total. The van der Waals surface area contributed by atoms with Crippen LogP contribution in [0.3, 0.4) is 0 Å². The third-order valence-corrected chi connectivity index (χ3v) is 8.98. The maximum absolute atomic E-state index is 6.33. The summed E-state index contributed by atoms with van der Waals surface area (Å²) in [5, 5.41) is 0. The average Bonchev–Trinajstić information content (AvgIpc) is 3.32. The molecular formula is C35H66O2. The summed E-state index contributed by atoms with van der Waals surface area (Å²) in [5.74, 6) is 0.768. The van der Waals surface area contributed by atoms with Gasteiger partial charge < -0.3 is 9.47 Å². The van der Waals surface area contributed by atoms with Gasteiger partial charge in [0.15, 0.2) is 0 Å². The van der Waals surface area contributed by atoms with Gasteiger partial charge in [0.05, 0.1) is 12.2 Å². The van der Waals surface area contributed by atoms with E-state index in [0.717, 1.165) is 25.6 Å². The van der Waals surface area contributed by atoms with Crippen molar-refractivity contribution in [3.05, 3.63) is 13.3 Å². The minimum absolute atomic E-state index is 0.515. The topological polar surface area (TPSA) is 18.5 Å². The quantitative estimate of drug-likeness (QED) is 0.0988. The molecule has 2 nitrogen and oxygen atoms in total. The summed E-state index contributed by atoms with van der Waals surface area (Å²) in [6.07, 6.45) is 41.7. The first kappa shape index (κ1) is 33.1. The van der Waals surface area contributed by atoms with Gasteiger partial charge in [-0.3, -0.25) is 0 Å². The van der Waals surface area contributed by atoms with E-state index in [1.54, 1.807) is 0 Å². The highest BCUT2D eigenvalue weighted by Crippen LogP contribution is 2.27. The first-order valence-corrected chi connectivity index (χ1v) is 17.2. The smallest absolute Gasteiger partial charge is 0.0575 e. The molecule has 0 aromatic rings. The molecule has 2 aliphatic carbocycles. The van der Waals surface area contributed by atoms with E-state index >= 15 is 0 Å². The lowest BCUT2D eigenvalue weighted by molar-refractivity contribution is 0.0141. The lowest BCUT2D eigenvalue weighted by atomic mass is 10.0. The lowest BCUT2D eigenvalue weighted by Crippen LogP contribution is -2.18. The van der Waals surface area contributed by atoms with Crippen LogP contribution >= 0.6 is 0 Å². The molecule has 37 heavy (non-hydrogen) atoms. The fraction of sp³-hybridized carbons (Fsp3) is 0.943. The molecule has 2 heteroatoms. The minimum Gasteiger partial charge on any atom is -0.378 e. The highest BCUT2D eigenvalue weighted by Gasteiger charge is 2.21. The van der Waals surface area contributed by atoms with Gasteiger partial charge in [0.2, 0.25) is 0 Å². The number of unbranched alkanes of at least 4 members (excludes halogenated alkanes) is 17. The Balaban J connectivity index is 1.29. The Labute approximate surface area is 233 Å². The molecule has 0 saturated heterocycles. The zero-order valence-electron chi connectivity index (χ0n) is 25.0. The normalized spacial score (nSPS) is 21.6. The fourth-order valence-electron chi connectivity index (χ4n) is 6.38. The molecule has 0 bridgehead atoms. The Bertz CT molecular complexity index is 456. The van der Waals surface area contributed by atoms with E-state index in [4.69, 9.17) is 9.47 Å². The molecule has 218 valence electrons. The Kier molecular flexibility index (Phi) is 22.3. The highest BCUT2D eigenvalue weighted by atomic mass is 16.5. The third kappa shape index (κ3) is 19.6. The van der Waals surface area contributed by atoms with E-state index in [1.165, 1.54) is 173 Å². The van der Waals surface area contributed by atoms with E-state index in [2.05, 4.69) is 13.3 Å². The summed E-state index contributed by atoms with van der Waals surface area (Å²) in [6, 6.07) is 0. The SMILES string of the molecule is [CH2]CCCCCCCCCCCCCCCCCCCOC1CCCC(COC2CC[CH]CCC2)CC1. The molecular weight excluding hydrogens is 452 g/mol. The van der Waals surface area contributed by atoms with Gasteiger partial charge in [-0.2, -0.15) is 0 Å². The van der Waals surface area contributed by atoms with Crippen molar-refractivity contribution in [2.45, 2.75) is 192 Å². The van der Waals surface area contributed by atoms with Gasteiger partial charge in [-0.05, 0) is 63.7 Å². The maximum atomic E-state index is 6.33. The van der Waals surface area contributed by atoms with Crippen LogP contribution in [0.25, 0.3) is 0 Å². The van der Waals surface area contributed by atoms with Gasteiger partial charge in [-0.15, -0.1) is 0 Å². The highest BCUT2D eigenvalue weighted by molar-refractivity contribution is 4.76. The number of hydrogen-bond donors (Lipinski definition) is 0. The van der Waals surface area contributed by atoms with Crippen LogP contribution in [0.5, 0.6) is 0 Å². The summed E-state index contributed by atoms with van der Waals surface area (Å²) in [6.45, 7) is 5.91. The minimum atomic E-state index is 0.515. The summed E-state index contributed by atoms with van der Waals surface area (Å²) in [7, 11) is 0. The van der Waals surface area contributed by atoms with Gasteiger partial charge in [-0.1, -0.05) is 135 Å². The molecule has 2 aliphatic rings. The molecule has 2 saturated carbocycles. The molecule has 2 radical (unpaired) electrons. The molecule has 0 spiro atoms. The van der Waals surface area contributed by atoms with Crippen LogP contribution in [-0.4, -0.2) is 25.4 Å². The fourth-order valence-corrected chi connectivity index (χ4v) is 6.38. The average molecular weight is 519 g/mol. The van der Waals surface area contributed by atoms with Crippen molar-refractivity contribution in [2.24, 2.45) is 5.92 Å². The molecule has 0 aromatic heterocycles. The van der Waals surface area contributed by atoms with Crippen LogP contribution in [0.2, 0.25) is 0 Å². The summed E-state index contributed by atoms with van der Waals surface area (Å²) < 4.78 is 12.6. The molecule has 0 heterocycles. The van der Waals surface area contributed by atoms with Crippen LogP contribution in [0, 0.1) is 19.3 Å². The Hall–Kier alpha value is -0.0800. The molecule has 2 fully saturated rings. The lowest BCUT2D eigenvalue weighted by Gasteiger charge is -2.20. The molecule has 3 unspecified atom stereocenters.